The van der Waals surface area contributed by atoms with E-state index in [1.807, 2.05) is 30.3 Å². The highest BCUT2D eigenvalue weighted by molar-refractivity contribution is 7.99. The fourth-order valence-corrected chi connectivity index (χ4v) is 4.41. The van der Waals surface area contributed by atoms with Crippen LogP contribution in [0.3, 0.4) is 0 Å². The molecule has 156 valence electrons. The molecule has 5 nitrogen and oxygen atoms in total. The number of amides is 2. The molecule has 0 N–H and O–H groups in total. The molecule has 0 aliphatic carbocycles. The maximum absolute atomic E-state index is 13.2. The lowest BCUT2D eigenvalue weighted by molar-refractivity contribution is -0.127. The van der Waals surface area contributed by atoms with Gasteiger partial charge in [0, 0.05) is 16.5 Å². The number of benzene rings is 2. The Labute approximate surface area is 194 Å². The fraction of sp³-hybridized carbons (Fsp3) is 0.0870. The Bertz CT molecular complexity index is 1170. The number of thiocarbonyl (C=S) groups is 1. The van der Waals surface area contributed by atoms with Crippen molar-refractivity contribution in [3.05, 3.63) is 83.1 Å². The Balaban J connectivity index is 1.66. The quantitative estimate of drug-likeness (QED) is 0.275. The lowest BCUT2D eigenvalue weighted by atomic mass is 10.1. The number of nitrogens with zero attached hydrogens (tertiary/aromatic N) is 2. The van der Waals surface area contributed by atoms with Crippen LogP contribution in [0.5, 0.6) is 0 Å². The van der Waals surface area contributed by atoms with Crippen LogP contribution in [0.2, 0.25) is 5.02 Å². The van der Waals surface area contributed by atoms with E-state index in [9.17, 15) is 9.59 Å². The van der Waals surface area contributed by atoms with Crippen molar-refractivity contribution in [3.8, 4) is 0 Å². The molecule has 0 spiro atoms. The molecule has 0 radical (unpaired) electrons. The van der Waals surface area contributed by atoms with Gasteiger partial charge in [-0.2, -0.15) is 0 Å². The molecule has 0 unspecified atom stereocenters. The molecule has 1 aliphatic rings. The second-order valence-corrected chi connectivity index (χ2v) is 8.46. The predicted octanol–water partition coefficient (Wildman–Crippen LogP) is 5.65. The van der Waals surface area contributed by atoms with Crippen LogP contribution >= 0.6 is 35.6 Å². The monoisotopic (exact) mass is 468 g/mol. The van der Waals surface area contributed by atoms with Gasteiger partial charge < -0.3 is 4.42 Å². The van der Waals surface area contributed by atoms with Gasteiger partial charge in [0.2, 0.25) is 0 Å². The molecule has 8 heteroatoms. The zero-order valence-corrected chi connectivity index (χ0v) is 18.8. The highest BCUT2D eigenvalue weighted by Crippen LogP contribution is 2.31. The predicted molar refractivity (Wildman–Crippen MR) is 126 cm³/mol. The minimum absolute atomic E-state index is 0.0176. The van der Waals surface area contributed by atoms with Gasteiger partial charge >= 0.3 is 0 Å². The molecule has 1 aliphatic heterocycles. The average molecular weight is 469 g/mol. The normalized spacial score (nSPS) is 15.8. The Morgan fingerprint density at radius 3 is 2.39 bits per heavy atom. The Morgan fingerprint density at radius 2 is 1.71 bits per heavy atom. The number of carbonyl (C=O) groups excluding carboxylic acids is 2. The lowest BCUT2D eigenvalue weighted by Crippen LogP contribution is -2.56. The average Bonchev–Trinajstić information content (AvgIpc) is 3.20. The van der Waals surface area contributed by atoms with Gasteiger partial charge in [-0.15, -0.1) is 0 Å². The number of anilines is 1. The van der Waals surface area contributed by atoms with Crippen LogP contribution in [0.25, 0.3) is 6.08 Å². The highest BCUT2D eigenvalue weighted by Gasteiger charge is 2.39. The number of carbonyl (C=O) groups is 2. The van der Waals surface area contributed by atoms with Gasteiger partial charge in [0.05, 0.1) is 5.69 Å². The maximum Gasteiger partial charge on any atom is 0.270 e. The molecule has 2 amide bonds. The van der Waals surface area contributed by atoms with E-state index in [1.165, 1.54) is 27.6 Å². The van der Waals surface area contributed by atoms with Crippen LogP contribution in [0.1, 0.15) is 12.7 Å². The van der Waals surface area contributed by atoms with Gasteiger partial charge in [-0.3, -0.25) is 19.4 Å². The van der Waals surface area contributed by atoms with Crippen LogP contribution in [-0.2, 0) is 9.59 Å². The largest absolute Gasteiger partial charge is 0.450 e. The van der Waals surface area contributed by atoms with E-state index in [2.05, 4.69) is 0 Å². The lowest BCUT2D eigenvalue weighted by Gasteiger charge is -2.35. The van der Waals surface area contributed by atoms with Gasteiger partial charge in [0.15, 0.2) is 10.2 Å². The molecule has 1 fully saturated rings. The molecule has 31 heavy (non-hydrogen) atoms. The minimum Gasteiger partial charge on any atom is -0.450 e. The summed E-state index contributed by atoms with van der Waals surface area (Å²) in [4.78, 5) is 30.0. The number of halogens is 1. The molecular weight excluding hydrogens is 452 g/mol. The van der Waals surface area contributed by atoms with Crippen molar-refractivity contribution >= 4 is 64.3 Å². The summed E-state index contributed by atoms with van der Waals surface area (Å²) in [6, 6.07) is 20.0. The van der Waals surface area contributed by atoms with Crippen LogP contribution < -0.4 is 4.90 Å². The first kappa shape index (κ1) is 21.4. The summed E-state index contributed by atoms with van der Waals surface area (Å²) < 4.78 is 5.83. The first-order valence-corrected chi connectivity index (χ1v) is 11.1. The standard InChI is InChI=1S/C23H17ClN2O3S2/c1-2-25-21(27)19(22(28)26(23(25)30)16-10-8-15(24)9-11-16)14-17-12-13-20(29-17)31-18-6-4-3-5-7-18/h3-14H,2H2,1H3/b19-14+. The Kier molecular flexibility index (Phi) is 6.27. The SMILES string of the molecule is CCN1C(=O)/C(=C\c2ccc(Sc3ccccc3)o2)C(=O)N(c2ccc(Cl)cc2)C1=S. The van der Waals surface area contributed by atoms with Crippen molar-refractivity contribution in [2.45, 2.75) is 16.9 Å². The second-order valence-electron chi connectivity index (χ2n) is 6.58. The number of hydrogen-bond acceptors (Lipinski definition) is 5. The minimum atomic E-state index is -0.504. The van der Waals surface area contributed by atoms with Crippen molar-refractivity contribution in [1.82, 2.24) is 4.90 Å². The Hall–Kier alpha value is -2.87. The molecular formula is C23H17ClN2O3S2. The molecule has 0 bridgehead atoms. The number of likely N-dealkylation sites (N-methyl/N-ethyl adjacent to an activating group) is 1. The third-order valence-corrected chi connectivity index (χ3v) is 6.17. The van der Waals surface area contributed by atoms with Crippen LogP contribution in [0, 0.1) is 0 Å². The summed E-state index contributed by atoms with van der Waals surface area (Å²) >= 11 is 12.9. The number of hydrogen-bond donors (Lipinski definition) is 0. The summed E-state index contributed by atoms with van der Waals surface area (Å²) in [6.45, 7) is 2.14. The maximum atomic E-state index is 13.2. The van der Waals surface area contributed by atoms with Crippen molar-refractivity contribution in [2.24, 2.45) is 0 Å². The summed E-state index contributed by atoms with van der Waals surface area (Å²) in [5.74, 6) is -0.540. The van der Waals surface area contributed by atoms with Gasteiger partial charge in [-0.05, 0) is 73.7 Å². The first-order valence-electron chi connectivity index (χ1n) is 9.48. The van der Waals surface area contributed by atoms with Gasteiger partial charge in [0.25, 0.3) is 11.8 Å². The molecule has 1 saturated heterocycles. The molecule has 0 atom stereocenters. The topological polar surface area (TPSA) is 53.8 Å². The van der Waals surface area contributed by atoms with Crippen LogP contribution in [0.4, 0.5) is 5.69 Å². The third kappa shape index (κ3) is 4.44. The number of furan rings is 1. The van der Waals surface area contributed by atoms with Crippen molar-refractivity contribution in [1.29, 1.82) is 0 Å². The van der Waals surface area contributed by atoms with Crippen LogP contribution in [-0.4, -0.2) is 28.4 Å². The zero-order chi connectivity index (χ0) is 22.0. The fourth-order valence-electron chi connectivity index (χ4n) is 3.09. The highest BCUT2D eigenvalue weighted by atomic mass is 35.5. The summed E-state index contributed by atoms with van der Waals surface area (Å²) in [5.41, 5.74) is 0.520. The van der Waals surface area contributed by atoms with E-state index < -0.39 is 11.8 Å². The molecule has 2 aromatic carbocycles. The van der Waals surface area contributed by atoms with Crippen molar-refractivity contribution < 1.29 is 14.0 Å². The van der Waals surface area contributed by atoms with Crippen molar-refractivity contribution in [2.75, 3.05) is 11.4 Å². The summed E-state index contributed by atoms with van der Waals surface area (Å²) in [6.07, 6.45) is 1.47. The number of rotatable bonds is 5. The van der Waals surface area contributed by atoms with Gasteiger partial charge in [0.1, 0.15) is 11.3 Å². The molecule has 3 aromatic rings. The summed E-state index contributed by atoms with van der Waals surface area (Å²) in [7, 11) is 0. The summed E-state index contributed by atoms with van der Waals surface area (Å²) in [5, 5.41) is 1.33. The van der Waals surface area contributed by atoms with E-state index >= 15 is 0 Å². The third-order valence-electron chi connectivity index (χ3n) is 4.58. The van der Waals surface area contributed by atoms with Gasteiger partial charge in [-0.25, -0.2) is 0 Å². The molecule has 2 heterocycles. The Morgan fingerprint density at radius 1 is 1.00 bits per heavy atom. The van der Waals surface area contributed by atoms with E-state index in [0.29, 0.717) is 28.1 Å². The second kappa shape index (κ2) is 9.09. The smallest absolute Gasteiger partial charge is 0.270 e. The van der Waals surface area contributed by atoms with Crippen molar-refractivity contribution in [3.63, 3.8) is 0 Å². The van der Waals surface area contributed by atoms with E-state index in [4.69, 9.17) is 28.2 Å². The van der Waals surface area contributed by atoms with Crippen LogP contribution in [0.15, 0.2) is 86.7 Å². The molecule has 1 aromatic heterocycles. The van der Waals surface area contributed by atoms with E-state index in [0.717, 1.165) is 4.90 Å². The van der Waals surface area contributed by atoms with Gasteiger partial charge in [-0.1, -0.05) is 41.6 Å². The van der Waals surface area contributed by atoms with E-state index in [-0.39, 0.29) is 10.7 Å². The van der Waals surface area contributed by atoms with E-state index in [1.54, 1.807) is 43.3 Å². The molecule has 4 rings (SSSR count). The molecule has 0 saturated carbocycles. The zero-order valence-electron chi connectivity index (χ0n) is 16.4. The first-order chi connectivity index (χ1) is 15.0.